The number of aryl methyl sites for hydroxylation is 1. The van der Waals surface area contributed by atoms with Gasteiger partial charge in [0.25, 0.3) is 0 Å². The molecule has 1 aromatic carbocycles. The summed E-state index contributed by atoms with van der Waals surface area (Å²) in [6.07, 6.45) is 7.29. The van der Waals surface area contributed by atoms with Gasteiger partial charge in [0, 0.05) is 23.2 Å². The molecule has 3 rings (SSSR count). The van der Waals surface area contributed by atoms with Gasteiger partial charge >= 0.3 is 0 Å². The highest BCUT2D eigenvalue weighted by molar-refractivity contribution is 5.60. The first kappa shape index (κ1) is 11.6. The van der Waals surface area contributed by atoms with Gasteiger partial charge in [0.1, 0.15) is 5.75 Å². The van der Waals surface area contributed by atoms with Crippen molar-refractivity contribution in [1.82, 2.24) is 0 Å². The summed E-state index contributed by atoms with van der Waals surface area (Å²) in [5, 5.41) is 3.69. The largest absolute Gasteiger partial charge is 0.496 e. The average molecular weight is 243 g/mol. The molecule has 3 unspecified atom stereocenters. The predicted octanol–water partition coefficient (Wildman–Crippen LogP) is 3.69. The third-order valence-corrected chi connectivity index (χ3v) is 4.51. The van der Waals surface area contributed by atoms with Crippen LogP contribution in [0.2, 0.25) is 0 Å². The summed E-state index contributed by atoms with van der Waals surface area (Å²) in [6.45, 7) is 4.23. The molecule has 1 N–H and O–H groups in total. The fourth-order valence-electron chi connectivity index (χ4n) is 3.38. The van der Waals surface area contributed by atoms with Gasteiger partial charge in [-0.3, -0.25) is 0 Å². The third-order valence-electron chi connectivity index (χ3n) is 4.51. The second-order valence-electron chi connectivity index (χ2n) is 5.58. The second kappa shape index (κ2) is 4.34. The molecular formula is C16H21NO. The normalized spacial score (nSPS) is 28.7. The third kappa shape index (κ3) is 1.71. The Balaban J connectivity index is 1.79. The van der Waals surface area contributed by atoms with E-state index in [-0.39, 0.29) is 0 Å². The zero-order chi connectivity index (χ0) is 12.7. The summed E-state index contributed by atoms with van der Waals surface area (Å²) >= 11 is 0. The molecule has 0 heterocycles. The van der Waals surface area contributed by atoms with E-state index in [1.807, 2.05) is 0 Å². The van der Waals surface area contributed by atoms with E-state index in [0.29, 0.717) is 6.04 Å². The molecule has 3 atom stereocenters. The minimum absolute atomic E-state index is 0.611. The van der Waals surface area contributed by atoms with Gasteiger partial charge in [0.15, 0.2) is 0 Å². The van der Waals surface area contributed by atoms with Gasteiger partial charge in [0.2, 0.25) is 0 Å². The summed E-state index contributed by atoms with van der Waals surface area (Å²) in [5.41, 5.74) is 3.65. The Bertz CT molecular complexity index is 492. The van der Waals surface area contributed by atoms with Gasteiger partial charge < -0.3 is 10.1 Å². The van der Waals surface area contributed by atoms with E-state index in [9.17, 15) is 0 Å². The van der Waals surface area contributed by atoms with Gasteiger partial charge in [-0.15, -0.1) is 0 Å². The van der Waals surface area contributed by atoms with Crippen LogP contribution in [0.15, 0.2) is 24.3 Å². The highest BCUT2D eigenvalue weighted by Gasteiger charge is 2.41. The summed E-state index contributed by atoms with van der Waals surface area (Å²) in [4.78, 5) is 0. The van der Waals surface area contributed by atoms with Crippen molar-refractivity contribution in [3.05, 3.63) is 35.4 Å². The number of methoxy groups -OCH3 is 1. The van der Waals surface area contributed by atoms with Gasteiger partial charge in [0.05, 0.1) is 7.11 Å². The van der Waals surface area contributed by atoms with Crippen LogP contribution in [-0.4, -0.2) is 13.2 Å². The van der Waals surface area contributed by atoms with Gasteiger partial charge in [-0.1, -0.05) is 18.2 Å². The lowest BCUT2D eigenvalue weighted by molar-refractivity contribution is 0.218. The molecular weight excluding hydrogens is 222 g/mol. The SMILES string of the molecule is COc1c(C)ccc(NC2CC3CC=CC32)c1C. The number of benzene rings is 1. The zero-order valence-corrected chi connectivity index (χ0v) is 11.4. The molecule has 0 aliphatic heterocycles. The van der Waals surface area contributed by atoms with Crippen molar-refractivity contribution in [3.63, 3.8) is 0 Å². The monoisotopic (exact) mass is 243 g/mol. The van der Waals surface area contributed by atoms with Crippen LogP contribution < -0.4 is 10.1 Å². The highest BCUT2D eigenvalue weighted by atomic mass is 16.5. The maximum atomic E-state index is 5.48. The number of hydrogen-bond donors (Lipinski definition) is 1. The standard InChI is InChI=1S/C16H21NO/c1-10-7-8-14(11(2)16(10)18-3)17-15-9-12-5-4-6-13(12)15/h4,6-8,12-13,15,17H,5,9H2,1-3H3. The number of ether oxygens (including phenoxy) is 1. The average Bonchev–Trinajstić information content (AvgIpc) is 2.70. The fraction of sp³-hybridized carbons (Fsp3) is 0.500. The first-order valence-electron chi connectivity index (χ1n) is 6.78. The number of nitrogens with one attached hydrogen (secondary N) is 1. The van der Waals surface area contributed by atoms with Crippen LogP contribution in [-0.2, 0) is 0 Å². The molecule has 2 aliphatic rings. The molecule has 0 aromatic heterocycles. The molecule has 1 aromatic rings. The van der Waals surface area contributed by atoms with E-state index in [4.69, 9.17) is 4.74 Å². The van der Waals surface area contributed by atoms with Crippen molar-refractivity contribution in [2.75, 3.05) is 12.4 Å². The molecule has 18 heavy (non-hydrogen) atoms. The van der Waals surface area contributed by atoms with Crippen LogP contribution in [0.1, 0.15) is 24.0 Å². The number of fused-ring (bicyclic) bond motifs is 1. The van der Waals surface area contributed by atoms with E-state index in [0.717, 1.165) is 17.6 Å². The van der Waals surface area contributed by atoms with Crippen LogP contribution in [0.5, 0.6) is 5.75 Å². The van der Waals surface area contributed by atoms with E-state index >= 15 is 0 Å². The lowest BCUT2D eigenvalue weighted by Gasteiger charge is -2.41. The summed E-state index contributed by atoms with van der Waals surface area (Å²) in [5.74, 6) is 2.66. The van der Waals surface area contributed by atoms with Gasteiger partial charge in [-0.25, -0.2) is 0 Å². The first-order chi connectivity index (χ1) is 8.70. The van der Waals surface area contributed by atoms with E-state index in [1.165, 1.54) is 29.7 Å². The smallest absolute Gasteiger partial charge is 0.126 e. The maximum absolute atomic E-state index is 5.48. The van der Waals surface area contributed by atoms with Crippen LogP contribution >= 0.6 is 0 Å². The summed E-state index contributed by atoms with van der Waals surface area (Å²) < 4.78 is 5.48. The number of allylic oxidation sites excluding steroid dienone is 1. The van der Waals surface area contributed by atoms with Crippen LogP contribution in [0, 0.1) is 25.7 Å². The molecule has 2 heteroatoms. The minimum Gasteiger partial charge on any atom is -0.496 e. The zero-order valence-electron chi connectivity index (χ0n) is 11.4. The molecule has 2 aliphatic carbocycles. The van der Waals surface area contributed by atoms with Crippen molar-refractivity contribution in [3.8, 4) is 5.75 Å². The maximum Gasteiger partial charge on any atom is 0.126 e. The Hall–Kier alpha value is -1.44. The molecule has 1 fully saturated rings. The quantitative estimate of drug-likeness (QED) is 0.817. The Labute approximate surface area is 109 Å². The predicted molar refractivity (Wildman–Crippen MR) is 75.2 cm³/mol. The molecule has 2 nitrogen and oxygen atoms in total. The lowest BCUT2D eigenvalue weighted by atomic mass is 9.71. The molecule has 0 radical (unpaired) electrons. The van der Waals surface area contributed by atoms with Crippen LogP contribution in [0.4, 0.5) is 5.69 Å². The highest BCUT2D eigenvalue weighted by Crippen LogP contribution is 2.44. The van der Waals surface area contributed by atoms with Crippen LogP contribution in [0.3, 0.4) is 0 Å². The van der Waals surface area contributed by atoms with Crippen molar-refractivity contribution < 1.29 is 4.74 Å². The Morgan fingerprint density at radius 3 is 2.83 bits per heavy atom. The van der Waals surface area contributed by atoms with Crippen LogP contribution in [0.25, 0.3) is 0 Å². The molecule has 96 valence electrons. The molecule has 0 bridgehead atoms. The summed E-state index contributed by atoms with van der Waals surface area (Å²) in [7, 11) is 1.75. The fourth-order valence-corrected chi connectivity index (χ4v) is 3.38. The number of rotatable bonds is 3. The van der Waals surface area contributed by atoms with Gasteiger partial charge in [-0.2, -0.15) is 0 Å². The van der Waals surface area contributed by atoms with E-state index < -0.39 is 0 Å². The minimum atomic E-state index is 0.611. The number of anilines is 1. The van der Waals surface area contributed by atoms with E-state index in [2.05, 4.69) is 43.4 Å². The molecule has 0 amide bonds. The van der Waals surface area contributed by atoms with Crippen molar-refractivity contribution in [1.29, 1.82) is 0 Å². The van der Waals surface area contributed by atoms with Crippen molar-refractivity contribution in [2.24, 2.45) is 11.8 Å². The molecule has 1 saturated carbocycles. The van der Waals surface area contributed by atoms with Crippen molar-refractivity contribution in [2.45, 2.75) is 32.7 Å². The first-order valence-corrected chi connectivity index (χ1v) is 6.78. The topological polar surface area (TPSA) is 21.3 Å². The summed E-state index contributed by atoms with van der Waals surface area (Å²) in [6, 6.07) is 4.92. The molecule has 0 spiro atoms. The Kier molecular flexibility index (Phi) is 2.81. The number of hydrogen-bond acceptors (Lipinski definition) is 2. The molecule has 0 saturated heterocycles. The van der Waals surface area contributed by atoms with Gasteiger partial charge in [-0.05, 0) is 44.2 Å². The Morgan fingerprint density at radius 1 is 1.28 bits per heavy atom. The van der Waals surface area contributed by atoms with E-state index in [1.54, 1.807) is 7.11 Å². The second-order valence-corrected chi connectivity index (χ2v) is 5.58. The Morgan fingerprint density at radius 2 is 2.11 bits per heavy atom. The van der Waals surface area contributed by atoms with Crippen molar-refractivity contribution >= 4 is 5.69 Å². The lowest BCUT2D eigenvalue weighted by Crippen LogP contribution is -2.43.